The first kappa shape index (κ1) is 26.7. The normalized spacial score (nSPS) is 10.3. The number of carbonyl (C=O) groups excluding carboxylic acids is 4. The van der Waals surface area contributed by atoms with Crippen LogP contribution in [-0.2, 0) is 18.9 Å². The summed E-state index contributed by atoms with van der Waals surface area (Å²) in [7, 11) is 4.55. The third-order valence-corrected chi connectivity index (χ3v) is 5.56. The molecule has 0 aliphatic heterocycles. The monoisotopic (exact) mass is 513 g/mol. The average Bonchev–Trinajstić information content (AvgIpc) is 3.24. The van der Waals surface area contributed by atoms with Crippen LogP contribution in [0.4, 0.5) is 30.8 Å². The average molecular weight is 514 g/mol. The Morgan fingerprint density at radius 2 is 1.14 bits per heavy atom. The number of carbonyl (C=O) groups is 4. The van der Waals surface area contributed by atoms with E-state index in [1.54, 1.807) is 36.4 Å². The summed E-state index contributed by atoms with van der Waals surface area (Å²) in [6, 6.07) is 12.1. The van der Waals surface area contributed by atoms with Crippen molar-refractivity contribution in [3.63, 3.8) is 0 Å². The van der Waals surface area contributed by atoms with Gasteiger partial charge >= 0.3 is 24.4 Å². The first-order valence-electron chi connectivity index (χ1n) is 10.8. The number of nitrogens with one attached hydrogen (secondary N) is 2. The number of hydrogen-bond acceptors (Lipinski definition) is 8. The van der Waals surface area contributed by atoms with Gasteiger partial charge in [0.2, 0.25) is 0 Å². The molecule has 2 N–H and O–H groups in total. The van der Waals surface area contributed by atoms with Gasteiger partial charge in [-0.25, -0.2) is 30.0 Å². The minimum Gasteiger partial charge on any atom is -0.452 e. The number of anilines is 2. The fourth-order valence-electron chi connectivity index (χ4n) is 3.69. The molecule has 0 unspecified atom stereocenters. The topological polar surface area (TPSA) is 141 Å². The molecule has 2 aromatic carbocycles. The SMILES string of the molecule is COC(=O)NN(C(=O)OC)c1c2ccccc2c(N(NC(=O)OC)C(=O)OC)n1-c1cccc(C)c1C. The van der Waals surface area contributed by atoms with E-state index in [2.05, 4.69) is 10.9 Å². The van der Waals surface area contributed by atoms with Gasteiger partial charge in [0.15, 0.2) is 11.6 Å². The molecule has 3 aromatic rings. The lowest BCUT2D eigenvalue weighted by atomic mass is 10.1. The van der Waals surface area contributed by atoms with Crippen molar-refractivity contribution in [2.45, 2.75) is 13.8 Å². The van der Waals surface area contributed by atoms with E-state index in [0.29, 0.717) is 16.5 Å². The van der Waals surface area contributed by atoms with Crippen molar-refractivity contribution in [2.75, 3.05) is 38.5 Å². The van der Waals surface area contributed by atoms with E-state index < -0.39 is 24.4 Å². The number of rotatable bonds is 3. The summed E-state index contributed by atoms with van der Waals surface area (Å²) in [5.41, 5.74) is 6.88. The van der Waals surface area contributed by atoms with Crippen molar-refractivity contribution >= 4 is 46.8 Å². The fraction of sp³-hybridized carbons (Fsp3) is 0.250. The molecule has 0 aliphatic rings. The summed E-state index contributed by atoms with van der Waals surface area (Å²) in [5.74, 6) is 0.161. The van der Waals surface area contributed by atoms with E-state index >= 15 is 0 Å². The van der Waals surface area contributed by atoms with Crippen LogP contribution in [0.15, 0.2) is 42.5 Å². The van der Waals surface area contributed by atoms with Gasteiger partial charge in [0.1, 0.15) is 0 Å². The quantitative estimate of drug-likeness (QED) is 0.396. The number of nitrogens with zero attached hydrogens (tertiary/aromatic N) is 3. The number of aromatic nitrogens is 1. The van der Waals surface area contributed by atoms with E-state index in [1.165, 1.54) is 4.57 Å². The molecule has 4 amide bonds. The molecule has 0 bridgehead atoms. The van der Waals surface area contributed by atoms with Crippen LogP contribution in [0.5, 0.6) is 0 Å². The van der Waals surface area contributed by atoms with Crippen LogP contribution in [0.25, 0.3) is 16.5 Å². The van der Waals surface area contributed by atoms with Gasteiger partial charge in [-0.3, -0.25) is 4.57 Å². The first-order chi connectivity index (χ1) is 17.7. The van der Waals surface area contributed by atoms with Gasteiger partial charge in [-0.2, -0.15) is 10.0 Å². The van der Waals surface area contributed by atoms with Crippen LogP contribution in [0, 0.1) is 13.8 Å². The van der Waals surface area contributed by atoms with Gasteiger partial charge in [0, 0.05) is 10.8 Å². The highest BCUT2D eigenvalue weighted by atomic mass is 16.6. The molecule has 0 atom stereocenters. The Morgan fingerprint density at radius 3 is 1.54 bits per heavy atom. The Kier molecular flexibility index (Phi) is 8.07. The zero-order valence-corrected chi connectivity index (χ0v) is 21.1. The molecule has 0 spiro atoms. The van der Waals surface area contributed by atoms with Crippen molar-refractivity contribution in [3.8, 4) is 5.69 Å². The molecule has 13 nitrogen and oxygen atoms in total. The van der Waals surface area contributed by atoms with Crippen LogP contribution >= 0.6 is 0 Å². The Balaban J connectivity index is 2.55. The Morgan fingerprint density at radius 1 is 0.676 bits per heavy atom. The lowest BCUT2D eigenvalue weighted by Crippen LogP contribution is -2.49. The maximum Gasteiger partial charge on any atom is 0.434 e. The molecule has 0 saturated carbocycles. The van der Waals surface area contributed by atoms with Crippen LogP contribution < -0.4 is 20.9 Å². The van der Waals surface area contributed by atoms with Crippen LogP contribution in [0.2, 0.25) is 0 Å². The third-order valence-electron chi connectivity index (χ3n) is 5.56. The Hall–Kier alpha value is -4.94. The second-order valence-electron chi connectivity index (χ2n) is 7.56. The number of amides is 4. The maximum atomic E-state index is 13.0. The molecule has 0 fully saturated rings. The summed E-state index contributed by atoms with van der Waals surface area (Å²) in [6.45, 7) is 3.73. The minimum absolute atomic E-state index is 0.0807. The van der Waals surface area contributed by atoms with Gasteiger partial charge < -0.3 is 18.9 Å². The fourth-order valence-corrected chi connectivity index (χ4v) is 3.69. The van der Waals surface area contributed by atoms with Gasteiger partial charge in [0.25, 0.3) is 0 Å². The summed E-state index contributed by atoms with van der Waals surface area (Å²) in [4.78, 5) is 50.4. The van der Waals surface area contributed by atoms with Crippen molar-refractivity contribution in [3.05, 3.63) is 53.6 Å². The van der Waals surface area contributed by atoms with E-state index in [4.69, 9.17) is 18.9 Å². The Labute approximate surface area is 212 Å². The van der Waals surface area contributed by atoms with Gasteiger partial charge in [-0.05, 0) is 31.0 Å². The molecular formula is C24H27N5O8. The zero-order valence-electron chi connectivity index (χ0n) is 21.1. The number of aryl methyl sites for hydroxylation is 1. The van der Waals surface area contributed by atoms with E-state index in [0.717, 1.165) is 49.6 Å². The molecule has 0 saturated heterocycles. The van der Waals surface area contributed by atoms with Crippen LogP contribution in [0.1, 0.15) is 11.1 Å². The van der Waals surface area contributed by atoms with Crippen molar-refractivity contribution in [1.29, 1.82) is 0 Å². The standard InChI is InChI=1S/C24H27N5O8/c1-14-10-9-13-18(15(14)2)27-19(28(23(32)36-5)25-21(30)34-3)16-11-7-8-12-17(16)20(27)29(24(33)37-6)26-22(31)35-4/h7-13H,1-6H3,(H,25,30)(H,26,31). The first-order valence-corrected chi connectivity index (χ1v) is 10.8. The van der Waals surface area contributed by atoms with E-state index in [9.17, 15) is 19.2 Å². The smallest absolute Gasteiger partial charge is 0.434 e. The highest BCUT2D eigenvalue weighted by molar-refractivity contribution is 6.11. The molecule has 3 rings (SSSR count). The molecule has 1 aromatic heterocycles. The van der Waals surface area contributed by atoms with Crippen molar-refractivity contribution in [2.24, 2.45) is 0 Å². The second-order valence-corrected chi connectivity index (χ2v) is 7.56. The van der Waals surface area contributed by atoms with Crippen LogP contribution in [-0.4, -0.2) is 57.4 Å². The largest absolute Gasteiger partial charge is 0.452 e. The van der Waals surface area contributed by atoms with E-state index in [1.807, 2.05) is 19.9 Å². The molecule has 37 heavy (non-hydrogen) atoms. The summed E-state index contributed by atoms with van der Waals surface area (Å²) >= 11 is 0. The molecule has 1 heterocycles. The number of benzene rings is 2. The number of fused-ring (bicyclic) bond motifs is 1. The minimum atomic E-state index is -0.961. The number of methoxy groups -OCH3 is 4. The predicted octanol–water partition coefficient (Wildman–Crippen LogP) is 3.93. The number of hydrazine groups is 2. The molecule has 0 aliphatic carbocycles. The predicted molar refractivity (Wildman–Crippen MR) is 134 cm³/mol. The summed E-state index contributed by atoms with van der Waals surface area (Å²) < 4.78 is 20.8. The Bertz CT molecular complexity index is 1280. The molecule has 13 heteroatoms. The molecule has 0 radical (unpaired) electrons. The highest BCUT2D eigenvalue weighted by Gasteiger charge is 2.34. The van der Waals surface area contributed by atoms with Gasteiger partial charge in [0.05, 0.1) is 34.1 Å². The lowest BCUT2D eigenvalue weighted by molar-refractivity contribution is 0.156. The summed E-state index contributed by atoms with van der Waals surface area (Å²) in [6.07, 6.45) is -3.83. The van der Waals surface area contributed by atoms with Crippen molar-refractivity contribution < 1.29 is 38.1 Å². The molecule has 196 valence electrons. The van der Waals surface area contributed by atoms with E-state index in [-0.39, 0.29) is 11.6 Å². The zero-order chi connectivity index (χ0) is 27.3. The van der Waals surface area contributed by atoms with Crippen LogP contribution in [0.3, 0.4) is 0 Å². The maximum absolute atomic E-state index is 13.0. The summed E-state index contributed by atoms with van der Waals surface area (Å²) in [5, 5.41) is 2.49. The lowest BCUT2D eigenvalue weighted by Gasteiger charge is -2.27. The van der Waals surface area contributed by atoms with Crippen molar-refractivity contribution in [1.82, 2.24) is 15.4 Å². The van der Waals surface area contributed by atoms with Gasteiger partial charge in [-0.15, -0.1) is 0 Å². The molecular weight excluding hydrogens is 486 g/mol. The van der Waals surface area contributed by atoms with Gasteiger partial charge in [-0.1, -0.05) is 36.4 Å². The number of hydrogen-bond donors (Lipinski definition) is 2. The number of ether oxygens (including phenoxy) is 4. The highest BCUT2D eigenvalue weighted by Crippen LogP contribution is 2.42. The second kappa shape index (κ2) is 11.2. The third kappa shape index (κ3) is 5.05.